The van der Waals surface area contributed by atoms with E-state index in [1.54, 1.807) is 0 Å². The largest absolute Gasteiger partial charge is 0.368 e. The van der Waals surface area contributed by atoms with Crippen LogP contribution >= 0.6 is 0 Å². The summed E-state index contributed by atoms with van der Waals surface area (Å²) in [6.07, 6.45) is 6.08. The third-order valence-electron chi connectivity index (χ3n) is 4.49. The Hall–Kier alpha value is -0.610. The Labute approximate surface area is 130 Å². The molecule has 0 aromatic carbocycles. The standard InChI is InChI=1S/C17H35N3O/c1-13(2)12-20(15-8-6-7-9-15)11-10-17(5,16(18)21)19-14(3)4/h13-15,19H,6-12H2,1-5H3,(H2,18,21). The van der Waals surface area contributed by atoms with Crippen molar-refractivity contribution in [3.8, 4) is 0 Å². The zero-order chi connectivity index (χ0) is 16.0. The summed E-state index contributed by atoms with van der Waals surface area (Å²) in [4.78, 5) is 14.4. The summed E-state index contributed by atoms with van der Waals surface area (Å²) >= 11 is 0. The van der Waals surface area contributed by atoms with Crippen LogP contribution in [0.5, 0.6) is 0 Å². The van der Waals surface area contributed by atoms with Crippen LogP contribution < -0.4 is 11.1 Å². The first-order chi connectivity index (χ1) is 9.74. The summed E-state index contributed by atoms with van der Waals surface area (Å²) < 4.78 is 0. The number of nitrogens with two attached hydrogens (primary N) is 1. The van der Waals surface area contributed by atoms with Crippen molar-refractivity contribution < 1.29 is 4.79 Å². The van der Waals surface area contributed by atoms with Gasteiger partial charge in [0, 0.05) is 25.2 Å². The summed E-state index contributed by atoms with van der Waals surface area (Å²) in [6, 6.07) is 0.955. The molecule has 1 fully saturated rings. The molecule has 4 heteroatoms. The van der Waals surface area contributed by atoms with E-state index < -0.39 is 5.54 Å². The lowest BCUT2D eigenvalue weighted by atomic mass is 9.94. The molecule has 1 amide bonds. The van der Waals surface area contributed by atoms with Crippen LogP contribution in [0.25, 0.3) is 0 Å². The van der Waals surface area contributed by atoms with Crippen LogP contribution in [0.3, 0.4) is 0 Å². The number of nitrogens with one attached hydrogen (secondary N) is 1. The molecule has 0 aromatic heterocycles. The predicted molar refractivity (Wildman–Crippen MR) is 89.2 cm³/mol. The van der Waals surface area contributed by atoms with Crippen molar-refractivity contribution in [1.82, 2.24) is 10.2 Å². The summed E-state index contributed by atoms with van der Waals surface area (Å²) in [5, 5.41) is 3.35. The fourth-order valence-corrected chi connectivity index (χ4v) is 3.43. The molecule has 3 N–H and O–H groups in total. The Bertz CT molecular complexity index is 324. The highest BCUT2D eigenvalue weighted by Crippen LogP contribution is 2.25. The van der Waals surface area contributed by atoms with E-state index in [1.165, 1.54) is 25.7 Å². The van der Waals surface area contributed by atoms with Crippen LogP contribution in [0, 0.1) is 5.92 Å². The van der Waals surface area contributed by atoms with E-state index >= 15 is 0 Å². The van der Waals surface area contributed by atoms with Gasteiger partial charge in [-0.15, -0.1) is 0 Å². The Balaban J connectivity index is 2.66. The van der Waals surface area contributed by atoms with Gasteiger partial charge in [0.25, 0.3) is 0 Å². The summed E-state index contributed by atoms with van der Waals surface area (Å²) in [7, 11) is 0. The van der Waals surface area contributed by atoms with Gasteiger partial charge in [-0.2, -0.15) is 0 Å². The second-order valence-corrected chi connectivity index (χ2v) is 7.57. The second-order valence-electron chi connectivity index (χ2n) is 7.57. The number of rotatable bonds is 9. The highest BCUT2D eigenvalue weighted by molar-refractivity contribution is 5.84. The monoisotopic (exact) mass is 297 g/mol. The lowest BCUT2D eigenvalue weighted by Crippen LogP contribution is -2.57. The molecule has 124 valence electrons. The van der Waals surface area contributed by atoms with Crippen molar-refractivity contribution in [2.24, 2.45) is 11.7 Å². The molecule has 4 nitrogen and oxygen atoms in total. The minimum Gasteiger partial charge on any atom is -0.368 e. The number of hydrogen-bond donors (Lipinski definition) is 2. The maximum absolute atomic E-state index is 11.9. The van der Waals surface area contributed by atoms with Gasteiger partial charge >= 0.3 is 0 Å². The maximum Gasteiger partial charge on any atom is 0.237 e. The van der Waals surface area contributed by atoms with E-state index in [0.717, 1.165) is 19.5 Å². The van der Waals surface area contributed by atoms with Gasteiger partial charge in [0.1, 0.15) is 0 Å². The molecule has 1 saturated carbocycles. The Morgan fingerprint density at radius 3 is 2.29 bits per heavy atom. The number of carbonyl (C=O) groups is 1. The number of nitrogens with zero attached hydrogens (tertiary/aromatic N) is 1. The highest BCUT2D eigenvalue weighted by atomic mass is 16.1. The zero-order valence-electron chi connectivity index (χ0n) is 14.6. The maximum atomic E-state index is 11.9. The molecule has 0 radical (unpaired) electrons. The molecule has 0 bridgehead atoms. The molecule has 0 saturated heterocycles. The number of hydrogen-bond acceptors (Lipinski definition) is 3. The first-order valence-corrected chi connectivity index (χ1v) is 8.56. The number of primary amides is 1. The fraction of sp³-hybridized carbons (Fsp3) is 0.941. The van der Waals surface area contributed by atoms with Gasteiger partial charge in [-0.1, -0.05) is 26.7 Å². The third-order valence-corrected chi connectivity index (χ3v) is 4.49. The van der Waals surface area contributed by atoms with Crippen molar-refractivity contribution in [3.05, 3.63) is 0 Å². The van der Waals surface area contributed by atoms with Gasteiger partial charge in [0.15, 0.2) is 0 Å². The normalized spacial score (nSPS) is 19.6. The van der Waals surface area contributed by atoms with Gasteiger partial charge < -0.3 is 16.0 Å². The molecule has 1 aliphatic rings. The van der Waals surface area contributed by atoms with Crippen LogP contribution in [0.2, 0.25) is 0 Å². The van der Waals surface area contributed by atoms with E-state index in [4.69, 9.17) is 5.73 Å². The predicted octanol–water partition coefficient (Wildman–Crippen LogP) is 2.52. The average Bonchev–Trinajstić information content (AvgIpc) is 2.86. The smallest absolute Gasteiger partial charge is 0.237 e. The molecular formula is C17H35N3O. The summed E-state index contributed by atoms with van der Waals surface area (Å²) in [6.45, 7) is 12.7. The van der Waals surface area contributed by atoms with Crippen LogP contribution in [0.4, 0.5) is 0 Å². The molecule has 1 rings (SSSR count). The molecule has 0 aromatic rings. The summed E-state index contributed by atoms with van der Waals surface area (Å²) in [5.74, 6) is 0.413. The van der Waals surface area contributed by atoms with Crippen molar-refractivity contribution >= 4 is 5.91 Å². The molecule has 0 spiro atoms. The van der Waals surface area contributed by atoms with Crippen LogP contribution in [-0.4, -0.2) is 41.5 Å². The van der Waals surface area contributed by atoms with Gasteiger partial charge in [0.05, 0.1) is 5.54 Å². The van der Waals surface area contributed by atoms with Crippen molar-refractivity contribution in [2.75, 3.05) is 13.1 Å². The van der Waals surface area contributed by atoms with Crippen molar-refractivity contribution in [2.45, 2.75) is 84.3 Å². The van der Waals surface area contributed by atoms with Gasteiger partial charge in [-0.05, 0) is 46.0 Å². The first kappa shape index (κ1) is 18.4. The average molecular weight is 297 g/mol. The Kier molecular flexibility index (Phi) is 7.14. The molecule has 1 aliphatic carbocycles. The third kappa shape index (κ3) is 5.95. The number of amides is 1. The van der Waals surface area contributed by atoms with E-state index in [9.17, 15) is 4.79 Å². The molecular weight excluding hydrogens is 262 g/mol. The lowest BCUT2D eigenvalue weighted by Gasteiger charge is -2.35. The topological polar surface area (TPSA) is 58.4 Å². The van der Waals surface area contributed by atoms with E-state index in [0.29, 0.717) is 12.0 Å². The first-order valence-electron chi connectivity index (χ1n) is 8.56. The second kappa shape index (κ2) is 8.14. The highest BCUT2D eigenvalue weighted by Gasteiger charge is 2.33. The Morgan fingerprint density at radius 2 is 1.86 bits per heavy atom. The van der Waals surface area contributed by atoms with E-state index in [2.05, 4.69) is 37.9 Å². The van der Waals surface area contributed by atoms with Crippen LogP contribution in [-0.2, 0) is 4.79 Å². The minimum atomic E-state index is -0.609. The van der Waals surface area contributed by atoms with Crippen molar-refractivity contribution in [3.63, 3.8) is 0 Å². The minimum absolute atomic E-state index is 0.243. The van der Waals surface area contributed by atoms with Crippen LogP contribution in [0.1, 0.15) is 66.7 Å². The molecule has 21 heavy (non-hydrogen) atoms. The molecule has 1 atom stereocenters. The zero-order valence-corrected chi connectivity index (χ0v) is 14.6. The fourth-order valence-electron chi connectivity index (χ4n) is 3.43. The molecule has 0 heterocycles. The van der Waals surface area contributed by atoms with Gasteiger partial charge in [-0.3, -0.25) is 4.79 Å². The SMILES string of the molecule is CC(C)CN(CCC(C)(NC(C)C)C(N)=O)C1CCCC1. The van der Waals surface area contributed by atoms with Gasteiger partial charge in [-0.25, -0.2) is 0 Å². The van der Waals surface area contributed by atoms with E-state index in [-0.39, 0.29) is 11.9 Å². The Morgan fingerprint density at radius 1 is 1.29 bits per heavy atom. The number of carbonyl (C=O) groups excluding carboxylic acids is 1. The quantitative estimate of drug-likeness (QED) is 0.687. The van der Waals surface area contributed by atoms with Gasteiger partial charge in [0.2, 0.25) is 5.91 Å². The lowest BCUT2D eigenvalue weighted by molar-refractivity contribution is -0.124. The summed E-state index contributed by atoms with van der Waals surface area (Å²) in [5.41, 5.74) is 5.03. The molecule has 0 aliphatic heterocycles. The van der Waals surface area contributed by atoms with Crippen LogP contribution in [0.15, 0.2) is 0 Å². The van der Waals surface area contributed by atoms with E-state index in [1.807, 2.05) is 6.92 Å². The molecule has 1 unspecified atom stereocenters. The van der Waals surface area contributed by atoms with Crippen molar-refractivity contribution in [1.29, 1.82) is 0 Å².